The molecule has 1 aliphatic rings. The normalized spacial score (nSPS) is 17.5. The Labute approximate surface area is 189 Å². The van der Waals surface area contributed by atoms with Crippen molar-refractivity contribution >= 4 is 34.7 Å². The van der Waals surface area contributed by atoms with Crippen LogP contribution in [0.4, 0.5) is 5.69 Å². The Bertz CT molecular complexity index is 1210. The molecule has 1 unspecified atom stereocenters. The van der Waals surface area contributed by atoms with Gasteiger partial charge in [-0.05, 0) is 29.8 Å². The second kappa shape index (κ2) is 8.72. The number of ketones is 1. The molecule has 0 bridgehead atoms. The van der Waals surface area contributed by atoms with Gasteiger partial charge in [-0.1, -0.05) is 35.9 Å². The molecule has 2 heterocycles. The number of nitrogens with zero attached hydrogens (tertiary/aromatic N) is 2. The molecule has 1 aliphatic heterocycles. The van der Waals surface area contributed by atoms with Crippen molar-refractivity contribution in [1.29, 1.82) is 0 Å². The van der Waals surface area contributed by atoms with Gasteiger partial charge in [0, 0.05) is 24.1 Å². The van der Waals surface area contributed by atoms with Crippen molar-refractivity contribution in [3.63, 3.8) is 0 Å². The SMILES string of the molecule is COc1cc(/C(O)=C2\C(=O)C(=O)N(c3ccccc3)C2c2cccnc2)c(OC)cc1Cl. The molecule has 4 rings (SSSR count). The van der Waals surface area contributed by atoms with Crippen LogP contribution in [-0.4, -0.2) is 36.0 Å². The van der Waals surface area contributed by atoms with Crippen molar-refractivity contribution in [2.24, 2.45) is 0 Å². The minimum absolute atomic E-state index is 0.0884. The zero-order chi connectivity index (χ0) is 22.8. The summed E-state index contributed by atoms with van der Waals surface area (Å²) in [5, 5.41) is 11.6. The quantitative estimate of drug-likeness (QED) is 0.352. The van der Waals surface area contributed by atoms with E-state index in [1.54, 1.807) is 48.8 Å². The van der Waals surface area contributed by atoms with Crippen LogP contribution in [0.3, 0.4) is 0 Å². The fourth-order valence-corrected chi connectivity index (χ4v) is 3.96. The maximum Gasteiger partial charge on any atom is 0.300 e. The zero-order valence-electron chi connectivity index (χ0n) is 17.3. The van der Waals surface area contributed by atoms with Gasteiger partial charge in [0.2, 0.25) is 0 Å². The molecular weight excluding hydrogens is 432 g/mol. The summed E-state index contributed by atoms with van der Waals surface area (Å²) >= 11 is 6.18. The number of aliphatic hydroxyl groups excluding tert-OH is 1. The Hall–Kier alpha value is -3.84. The first-order chi connectivity index (χ1) is 15.5. The lowest BCUT2D eigenvalue weighted by Gasteiger charge is -2.25. The minimum Gasteiger partial charge on any atom is -0.507 e. The number of pyridine rings is 1. The molecule has 1 fully saturated rings. The number of aliphatic hydroxyl groups is 1. The van der Waals surface area contributed by atoms with Crippen molar-refractivity contribution in [2.45, 2.75) is 6.04 Å². The second-order valence-electron chi connectivity index (χ2n) is 6.98. The summed E-state index contributed by atoms with van der Waals surface area (Å²) in [5.74, 6) is -1.47. The lowest BCUT2D eigenvalue weighted by molar-refractivity contribution is -0.132. The molecule has 162 valence electrons. The van der Waals surface area contributed by atoms with Crippen LogP contribution < -0.4 is 14.4 Å². The Morgan fingerprint density at radius 3 is 2.38 bits per heavy atom. The summed E-state index contributed by atoms with van der Waals surface area (Å²) in [6, 6.07) is 14.3. The van der Waals surface area contributed by atoms with Crippen LogP contribution in [0.2, 0.25) is 5.02 Å². The summed E-state index contributed by atoms with van der Waals surface area (Å²) in [6.07, 6.45) is 3.14. The Morgan fingerprint density at radius 2 is 1.75 bits per heavy atom. The molecule has 0 radical (unpaired) electrons. The number of para-hydroxylation sites is 1. The third kappa shape index (κ3) is 3.56. The number of Topliss-reactive ketones (excluding diaryl/α,β-unsaturated/α-hetero) is 1. The summed E-state index contributed by atoms with van der Waals surface area (Å²) < 4.78 is 10.6. The number of ether oxygens (including phenoxy) is 2. The molecule has 1 aromatic heterocycles. The standard InChI is InChI=1S/C24H19ClN2O5/c1-31-18-12-17(25)19(32-2)11-16(18)22(28)20-21(14-7-6-10-26-13-14)27(24(30)23(20)29)15-8-4-3-5-9-15/h3-13,21,28H,1-2H3/b22-20+. The predicted octanol–water partition coefficient (Wildman–Crippen LogP) is 4.38. The molecule has 3 aromatic rings. The highest BCUT2D eigenvalue weighted by Crippen LogP contribution is 2.44. The molecular formula is C24H19ClN2O5. The maximum atomic E-state index is 13.2. The van der Waals surface area contributed by atoms with Gasteiger partial charge in [0.1, 0.15) is 17.3 Å². The van der Waals surface area contributed by atoms with Crippen molar-refractivity contribution in [1.82, 2.24) is 4.98 Å². The molecule has 0 saturated carbocycles. The van der Waals surface area contributed by atoms with Gasteiger partial charge in [-0.3, -0.25) is 19.5 Å². The van der Waals surface area contributed by atoms with Gasteiger partial charge in [-0.15, -0.1) is 0 Å². The third-order valence-electron chi connectivity index (χ3n) is 5.21. The number of aromatic nitrogens is 1. The fourth-order valence-electron chi connectivity index (χ4n) is 3.73. The zero-order valence-corrected chi connectivity index (χ0v) is 18.0. The van der Waals surface area contributed by atoms with E-state index in [0.717, 1.165) is 0 Å². The largest absolute Gasteiger partial charge is 0.507 e. The van der Waals surface area contributed by atoms with Gasteiger partial charge >= 0.3 is 0 Å². The van der Waals surface area contributed by atoms with Crippen molar-refractivity contribution in [3.05, 3.63) is 88.7 Å². The first kappa shape index (κ1) is 21.4. The molecule has 8 heteroatoms. The molecule has 1 N–H and O–H groups in total. The first-order valence-corrected chi connectivity index (χ1v) is 10.0. The smallest absolute Gasteiger partial charge is 0.300 e. The van der Waals surface area contributed by atoms with E-state index < -0.39 is 23.5 Å². The summed E-state index contributed by atoms with van der Waals surface area (Å²) in [7, 11) is 2.84. The summed E-state index contributed by atoms with van der Waals surface area (Å²) in [4.78, 5) is 31.8. The van der Waals surface area contributed by atoms with Gasteiger partial charge in [-0.2, -0.15) is 0 Å². The first-order valence-electron chi connectivity index (χ1n) is 9.65. The number of hydrogen-bond donors (Lipinski definition) is 1. The number of amides is 1. The predicted molar refractivity (Wildman–Crippen MR) is 120 cm³/mol. The molecule has 7 nitrogen and oxygen atoms in total. The lowest BCUT2D eigenvalue weighted by Crippen LogP contribution is -2.29. The van der Waals surface area contributed by atoms with Gasteiger partial charge < -0.3 is 14.6 Å². The van der Waals surface area contributed by atoms with Crippen LogP contribution in [0.25, 0.3) is 5.76 Å². The van der Waals surface area contributed by atoms with Crippen LogP contribution in [0.15, 0.2) is 72.6 Å². The topological polar surface area (TPSA) is 89.0 Å². The molecule has 1 amide bonds. The molecule has 1 saturated heterocycles. The number of methoxy groups -OCH3 is 2. The van der Waals surface area contributed by atoms with Crippen molar-refractivity contribution < 1.29 is 24.2 Å². The van der Waals surface area contributed by atoms with Crippen molar-refractivity contribution in [2.75, 3.05) is 19.1 Å². The number of hydrogen-bond acceptors (Lipinski definition) is 6. The third-order valence-corrected chi connectivity index (χ3v) is 5.50. The van der Waals surface area contributed by atoms with Gasteiger partial charge in [0.25, 0.3) is 11.7 Å². The molecule has 2 aromatic carbocycles. The highest BCUT2D eigenvalue weighted by atomic mass is 35.5. The van der Waals surface area contributed by atoms with Crippen LogP contribution >= 0.6 is 11.6 Å². The number of carbonyl (C=O) groups is 2. The molecule has 0 aliphatic carbocycles. The Kier molecular flexibility index (Phi) is 5.83. The number of anilines is 1. The van der Waals surface area contributed by atoms with Gasteiger partial charge in [-0.25, -0.2) is 0 Å². The molecule has 1 atom stereocenters. The van der Waals surface area contributed by atoms with E-state index in [1.807, 2.05) is 6.07 Å². The van der Waals surface area contributed by atoms with Gasteiger partial charge in [0.15, 0.2) is 0 Å². The van der Waals surface area contributed by atoms with E-state index in [4.69, 9.17) is 21.1 Å². The summed E-state index contributed by atoms with van der Waals surface area (Å²) in [5.41, 5.74) is 1.17. The minimum atomic E-state index is -0.891. The van der Waals surface area contributed by atoms with E-state index >= 15 is 0 Å². The van der Waals surface area contributed by atoms with E-state index in [0.29, 0.717) is 11.3 Å². The van der Waals surface area contributed by atoms with Crippen LogP contribution in [-0.2, 0) is 9.59 Å². The number of benzene rings is 2. The van der Waals surface area contributed by atoms with E-state index in [9.17, 15) is 14.7 Å². The van der Waals surface area contributed by atoms with Crippen LogP contribution in [0.5, 0.6) is 11.5 Å². The van der Waals surface area contributed by atoms with Gasteiger partial charge in [0.05, 0.1) is 36.4 Å². The van der Waals surface area contributed by atoms with Crippen LogP contribution in [0.1, 0.15) is 17.2 Å². The Morgan fingerprint density at radius 1 is 1.03 bits per heavy atom. The average Bonchev–Trinajstić information content (AvgIpc) is 3.10. The molecule has 32 heavy (non-hydrogen) atoms. The summed E-state index contributed by atoms with van der Waals surface area (Å²) in [6.45, 7) is 0. The number of rotatable bonds is 5. The second-order valence-corrected chi connectivity index (χ2v) is 7.39. The average molecular weight is 451 g/mol. The number of halogens is 1. The fraction of sp³-hybridized carbons (Fsp3) is 0.125. The van der Waals surface area contributed by atoms with E-state index in [2.05, 4.69) is 4.98 Å². The van der Waals surface area contributed by atoms with Crippen molar-refractivity contribution in [3.8, 4) is 11.5 Å². The highest BCUT2D eigenvalue weighted by Gasteiger charge is 2.47. The van der Waals surface area contributed by atoms with Crippen LogP contribution in [0, 0.1) is 0 Å². The van der Waals surface area contributed by atoms with E-state index in [1.165, 1.54) is 31.3 Å². The Balaban J connectivity index is 1.99. The maximum absolute atomic E-state index is 13.2. The lowest BCUT2D eigenvalue weighted by atomic mass is 9.95. The van der Waals surface area contributed by atoms with E-state index in [-0.39, 0.29) is 27.7 Å². The highest BCUT2D eigenvalue weighted by molar-refractivity contribution is 6.51. The number of carbonyl (C=O) groups excluding carboxylic acids is 2. The monoisotopic (exact) mass is 450 g/mol. The molecule has 0 spiro atoms.